The maximum Gasteiger partial charge on any atom is 0.109 e. The Labute approximate surface area is 119 Å². The molecule has 0 bridgehead atoms. The second-order valence-electron chi connectivity index (χ2n) is 5.27. The Kier molecular flexibility index (Phi) is 3.18. The lowest BCUT2D eigenvalue weighted by Crippen LogP contribution is -2.01. The van der Waals surface area contributed by atoms with Crippen molar-refractivity contribution < 1.29 is 0 Å². The Morgan fingerprint density at radius 3 is 2.65 bits per heavy atom. The summed E-state index contributed by atoms with van der Waals surface area (Å²) in [6.07, 6.45) is 1.88. The van der Waals surface area contributed by atoms with Crippen LogP contribution in [0, 0.1) is 6.92 Å². The lowest BCUT2D eigenvalue weighted by molar-refractivity contribution is 0.787. The minimum Gasteiger partial charge on any atom is -0.399 e. The number of aryl methyl sites for hydroxylation is 4. The lowest BCUT2D eigenvalue weighted by atomic mass is 10.1. The fourth-order valence-electron chi connectivity index (χ4n) is 2.52. The number of hydrogen-bond donors (Lipinski definition) is 1. The number of imidazole rings is 1. The topological polar surface area (TPSA) is 43.8 Å². The molecule has 3 rings (SSSR count). The lowest BCUT2D eigenvalue weighted by Gasteiger charge is -2.05. The molecule has 1 aromatic heterocycles. The van der Waals surface area contributed by atoms with E-state index < -0.39 is 0 Å². The Morgan fingerprint density at radius 2 is 1.90 bits per heavy atom. The first kappa shape index (κ1) is 12.7. The smallest absolute Gasteiger partial charge is 0.109 e. The third-order valence-corrected chi connectivity index (χ3v) is 3.86. The molecule has 0 atom stereocenters. The van der Waals surface area contributed by atoms with Gasteiger partial charge < -0.3 is 10.3 Å². The first-order valence-corrected chi connectivity index (χ1v) is 6.90. The molecule has 0 aliphatic carbocycles. The van der Waals surface area contributed by atoms with E-state index in [2.05, 4.69) is 48.0 Å². The second-order valence-corrected chi connectivity index (χ2v) is 5.27. The number of nitrogens with zero attached hydrogens (tertiary/aromatic N) is 2. The predicted molar refractivity (Wildman–Crippen MR) is 83.7 cm³/mol. The van der Waals surface area contributed by atoms with Gasteiger partial charge in [0.15, 0.2) is 0 Å². The standard InChI is InChI=1S/C17H19N3/c1-12-7-8-13(11-14(12)18)9-10-17-19-15-5-3-4-6-16(15)20(17)2/h3-8,11H,9-10,18H2,1-2H3. The highest BCUT2D eigenvalue weighted by molar-refractivity contribution is 5.75. The van der Waals surface area contributed by atoms with Crippen molar-refractivity contribution in [3.8, 4) is 0 Å². The molecule has 0 spiro atoms. The number of nitrogen functional groups attached to an aromatic ring is 1. The average molecular weight is 265 g/mol. The molecular weight excluding hydrogens is 246 g/mol. The highest BCUT2D eigenvalue weighted by Crippen LogP contribution is 2.17. The Bertz CT molecular complexity index is 756. The SMILES string of the molecule is Cc1ccc(CCc2nc3ccccc3n2C)cc1N. The van der Waals surface area contributed by atoms with Gasteiger partial charge in [0.2, 0.25) is 0 Å². The van der Waals surface area contributed by atoms with Crippen LogP contribution in [0.25, 0.3) is 11.0 Å². The van der Waals surface area contributed by atoms with Crippen LogP contribution in [0.15, 0.2) is 42.5 Å². The van der Waals surface area contributed by atoms with Crippen LogP contribution in [-0.4, -0.2) is 9.55 Å². The number of anilines is 1. The first-order valence-electron chi connectivity index (χ1n) is 6.90. The van der Waals surface area contributed by atoms with Crippen molar-refractivity contribution in [1.82, 2.24) is 9.55 Å². The van der Waals surface area contributed by atoms with Crippen LogP contribution in [0.2, 0.25) is 0 Å². The van der Waals surface area contributed by atoms with Gasteiger partial charge in [0, 0.05) is 19.2 Å². The third-order valence-electron chi connectivity index (χ3n) is 3.86. The van der Waals surface area contributed by atoms with Crippen LogP contribution >= 0.6 is 0 Å². The molecule has 3 aromatic rings. The van der Waals surface area contributed by atoms with E-state index in [9.17, 15) is 0 Å². The molecule has 0 fully saturated rings. The van der Waals surface area contributed by atoms with E-state index >= 15 is 0 Å². The molecule has 0 unspecified atom stereocenters. The van der Waals surface area contributed by atoms with Gasteiger partial charge >= 0.3 is 0 Å². The maximum absolute atomic E-state index is 5.96. The molecule has 102 valence electrons. The molecule has 0 aliphatic heterocycles. The van der Waals surface area contributed by atoms with Gasteiger partial charge in [-0.2, -0.15) is 0 Å². The van der Waals surface area contributed by atoms with E-state index in [-0.39, 0.29) is 0 Å². The first-order chi connectivity index (χ1) is 9.65. The molecule has 2 N–H and O–H groups in total. The van der Waals surface area contributed by atoms with Crippen molar-refractivity contribution in [3.05, 3.63) is 59.4 Å². The van der Waals surface area contributed by atoms with Gasteiger partial charge in [-0.3, -0.25) is 0 Å². The van der Waals surface area contributed by atoms with Gasteiger partial charge in [-0.15, -0.1) is 0 Å². The van der Waals surface area contributed by atoms with Crippen molar-refractivity contribution >= 4 is 16.7 Å². The number of nitrogens with two attached hydrogens (primary N) is 1. The van der Waals surface area contributed by atoms with Gasteiger partial charge in [0.1, 0.15) is 5.82 Å². The maximum atomic E-state index is 5.96. The monoisotopic (exact) mass is 265 g/mol. The third kappa shape index (κ3) is 2.27. The fourth-order valence-corrected chi connectivity index (χ4v) is 2.52. The van der Waals surface area contributed by atoms with Crippen molar-refractivity contribution in [3.63, 3.8) is 0 Å². The largest absolute Gasteiger partial charge is 0.399 e. The zero-order valence-electron chi connectivity index (χ0n) is 11.9. The van der Waals surface area contributed by atoms with Crippen molar-refractivity contribution in [1.29, 1.82) is 0 Å². The summed E-state index contributed by atoms with van der Waals surface area (Å²) in [5.41, 5.74) is 11.5. The van der Waals surface area contributed by atoms with E-state index in [1.165, 1.54) is 11.1 Å². The van der Waals surface area contributed by atoms with Crippen LogP contribution in [0.4, 0.5) is 5.69 Å². The van der Waals surface area contributed by atoms with Crippen molar-refractivity contribution in [2.24, 2.45) is 7.05 Å². The normalized spacial score (nSPS) is 11.1. The summed E-state index contributed by atoms with van der Waals surface area (Å²) in [6, 6.07) is 14.5. The molecule has 0 saturated carbocycles. The zero-order valence-corrected chi connectivity index (χ0v) is 11.9. The van der Waals surface area contributed by atoms with Gasteiger partial charge in [-0.25, -0.2) is 4.98 Å². The van der Waals surface area contributed by atoms with Crippen LogP contribution < -0.4 is 5.73 Å². The summed E-state index contributed by atoms with van der Waals surface area (Å²) < 4.78 is 2.17. The van der Waals surface area contributed by atoms with Gasteiger partial charge in [-0.1, -0.05) is 24.3 Å². The minimum absolute atomic E-state index is 0.868. The fraction of sp³-hybridized carbons (Fsp3) is 0.235. The molecule has 2 aromatic carbocycles. The van der Waals surface area contributed by atoms with Gasteiger partial charge in [0.05, 0.1) is 11.0 Å². The van der Waals surface area contributed by atoms with Gasteiger partial charge in [-0.05, 0) is 42.7 Å². The van der Waals surface area contributed by atoms with E-state index in [1.807, 2.05) is 13.0 Å². The molecular formula is C17H19N3. The van der Waals surface area contributed by atoms with Crippen LogP contribution in [-0.2, 0) is 19.9 Å². The molecule has 0 amide bonds. The molecule has 1 heterocycles. The van der Waals surface area contributed by atoms with E-state index in [1.54, 1.807) is 0 Å². The Balaban J connectivity index is 1.83. The molecule has 0 saturated heterocycles. The number of aromatic nitrogens is 2. The summed E-state index contributed by atoms with van der Waals surface area (Å²) in [5.74, 6) is 1.12. The number of benzene rings is 2. The van der Waals surface area contributed by atoms with Gasteiger partial charge in [0.25, 0.3) is 0 Å². The predicted octanol–water partition coefficient (Wildman–Crippen LogP) is 3.25. The molecule has 3 heteroatoms. The average Bonchev–Trinajstić information content (AvgIpc) is 2.77. The number of rotatable bonds is 3. The second kappa shape index (κ2) is 5.00. The minimum atomic E-state index is 0.868. The van der Waals surface area contributed by atoms with E-state index in [4.69, 9.17) is 10.7 Å². The highest BCUT2D eigenvalue weighted by atomic mass is 15.1. The van der Waals surface area contributed by atoms with E-state index in [0.29, 0.717) is 0 Å². The summed E-state index contributed by atoms with van der Waals surface area (Å²) in [5, 5.41) is 0. The summed E-state index contributed by atoms with van der Waals surface area (Å²) in [4.78, 5) is 4.70. The highest BCUT2D eigenvalue weighted by Gasteiger charge is 2.07. The molecule has 3 nitrogen and oxygen atoms in total. The summed E-state index contributed by atoms with van der Waals surface area (Å²) >= 11 is 0. The van der Waals surface area contributed by atoms with Crippen LogP contribution in [0.5, 0.6) is 0 Å². The molecule has 20 heavy (non-hydrogen) atoms. The van der Waals surface area contributed by atoms with Crippen molar-refractivity contribution in [2.45, 2.75) is 19.8 Å². The summed E-state index contributed by atoms with van der Waals surface area (Å²) in [6.45, 7) is 2.03. The Morgan fingerprint density at radius 1 is 1.10 bits per heavy atom. The number of hydrogen-bond acceptors (Lipinski definition) is 2. The summed E-state index contributed by atoms with van der Waals surface area (Å²) in [7, 11) is 2.08. The van der Waals surface area contributed by atoms with E-state index in [0.717, 1.165) is 35.4 Å². The van der Waals surface area contributed by atoms with Crippen LogP contribution in [0.3, 0.4) is 0 Å². The molecule has 0 radical (unpaired) electrons. The van der Waals surface area contributed by atoms with Crippen molar-refractivity contribution in [2.75, 3.05) is 5.73 Å². The number of fused-ring (bicyclic) bond motifs is 1. The van der Waals surface area contributed by atoms with Crippen LogP contribution in [0.1, 0.15) is 17.0 Å². The quantitative estimate of drug-likeness (QED) is 0.739. The molecule has 0 aliphatic rings. The Hall–Kier alpha value is -2.29. The zero-order chi connectivity index (χ0) is 14.1. The number of para-hydroxylation sites is 2.